The lowest BCUT2D eigenvalue weighted by Crippen LogP contribution is -2.57. The molecule has 1 aliphatic carbocycles. The van der Waals surface area contributed by atoms with Crippen molar-refractivity contribution in [2.75, 3.05) is 18.4 Å². The van der Waals surface area contributed by atoms with Crippen molar-refractivity contribution in [3.8, 4) is 0 Å². The third kappa shape index (κ3) is 2.76. The molecule has 2 atom stereocenters. The van der Waals surface area contributed by atoms with Gasteiger partial charge in [0.05, 0.1) is 0 Å². The molecule has 2 heterocycles. The Morgan fingerprint density at radius 3 is 2.71 bits per heavy atom. The number of fused-ring (bicyclic) bond motifs is 1. The van der Waals surface area contributed by atoms with Crippen LogP contribution >= 0.6 is 0 Å². The van der Waals surface area contributed by atoms with Crippen molar-refractivity contribution in [2.45, 2.75) is 50.1 Å². The molecule has 1 saturated carbocycles. The standard InChI is InChI=1S/C19H25N3O2/c23-17-12-14-8-11-22(13-16(14)20-17)18(24)19(9-4-5-10-19)21-15-6-2-1-3-7-15/h1-3,6-7,14,16,21H,4-5,8-13H2,(H,20,23)/t14-,16-/m1/s1. The molecule has 2 amide bonds. The van der Waals surface area contributed by atoms with E-state index in [-0.39, 0.29) is 17.9 Å². The van der Waals surface area contributed by atoms with Gasteiger partial charge in [-0.1, -0.05) is 31.0 Å². The van der Waals surface area contributed by atoms with Crippen molar-refractivity contribution in [1.29, 1.82) is 0 Å². The molecular weight excluding hydrogens is 302 g/mol. The molecule has 5 nitrogen and oxygen atoms in total. The van der Waals surface area contributed by atoms with Gasteiger partial charge in [-0.3, -0.25) is 9.59 Å². The van der Waals surface area contributed by atoms with E-state index >= 15 is 0 Å². The Kier molecular flexibility index (Phi) is 3.94. The highest BCUT2D eigenvalue weighted by atomic mass is 16.2. The number of rotatable bonds is 3. The maximum atomic E-state index is 13.3. The Morgan fingerprint density at radius 1 is 1.21 bits per heavy atom. The lowest BCUT2D eigenvalue weighted by Gasteiger charge is -2.40. The van der Waals surface area contributed by atoms with E-state index in [1.807, 2.05) is 35.2 Å². The fourth-order valence-corrected chi connectivity index (χ4v) is 4.57. The number of nitrogens with zero attached hydrogens (tertiary/aromatic N) is 1. The van der Waals surface area contributed by atoms with Crippen LogP contribution in [-0.4, -0.2) is 41.4 Å². The maximum Gasteiger partial charge on any atom is 0.248 e. The minimum atomic E-state index is -0.475. The predicted octanol–water partition coefficient (Wildman–Crippen LogP) is 2.15. The van der Waals surface area contributed by atoms with Gasteiger partial charge >= 0.3 is 0 Å². The van der Waals surface area contributed by atoms with Gasteiger partial charge in [0.2, 0.25) is 11.8 Å². The van der Waals surface area contributed by atoms with Gasteiger partial charge < -0.3 is 15.5 Å². The van der Waals surface area contributed by atoms with Crippen molar-refractivity contribution < 1.29 is 9.59 Å². The topological polar surface area (TPSA) is 61.4 Å². The van der Waals surface area contributed by atoms with Crippen LogP contribution < -0.4 is 10.6 Å². The first-order valence-electron chi connectivity index (χ1n) is 9.08. The van der Waals surface area contributed by atoms with Crippen LogP contribution in [0.25, 0.3) is 0 Å². The van der Waals surface area contributed by atoms with Crippen molar-refractivity contribution in [1.82, 2.24) is 10.2 Å². The predicted molar refractivity (Wildman–Crippen MR) is 92.5 cm³/mol. The normalized spacial score (nSPS) is 28.3. The fourth-order valence-electron chi connectivity index (χ4n) is 4.57. The average molecular weight is 327 g/mol. The summed E-state index contributed by atoms with van der Waals surface area (Å²) in [7, 11) is 0. The molecule has 0 bridgehead atoms. The van der Waals surface area contributed by atoms with Crippen LogP contribution in [0.1, 0.15) is 38.5 Å². The molecule has 4 rings (SSSR count). The van der Waals surface area contributed by atoms with E-state index < -0.39 is 5.54 Å². The lowest BCUT2D eigenvalue weighted by atomic mass is 9.89. The SMILES string of the molecule is O=C1C[C@H]2CCN(C(=O)C3(Nc4ccccc4)CCCC3)C[C@H]2N1. The molecule has 2 aliphatic heterocycles. The lowest BCUT2D eigenvalue weighted by molar-refractivity contribution is -0.137. The summed E-state index contributed by atoms with van der Waals surface area (Å²) in [5.74, 6) is 0.754. The Labute approximate surface area is 142 Å². The zero-order valence-corrected chi connectivity index (χ0v) is 14.0. The second-order valence-corrected chi connectivity index (χ2v) is 7.46. The first-order valence-corrected chi connectivity index (χ1v) is 9.08. The van der Waals surface area contributed by atoms with Gasteiger partial charge in [0.15, 0.2) is 0 Å². The molecule has 2 saturated heterocycles. The molecule has 128 valence electrons. The number of benzene rings is 1. The van der Waals surface area contributed by atoms with Gasteiger partial charge in [0.1, 0.15) is 5.54 Å². The summed E-state index contributed by atoms with van der Waals surface area (Å²) in [5.41, 5.74) is 0.536. The largest absolute Gasteiger partial charge is 0.371 e. The summed E-state index contributed by atoms with van der Waals surface area (Å²) >= 11 is 0. The Bertz CT molecular complexity index is 625. The van der Waals surface area contributed by atoms with Crippen molar-refractivity contribution in [2.24, 2.45) is 5.92 Å². The number of piperidine rings is 1. The summed E-state index contributed by atoms with van der Waals surface area (Å²) in [6, 6.07) is 10.2. The number of likely N-dealkylation sites (tertiary alicyclic amines) is 1. The number of carbonyl (C=O) groups is 2. The summed E-state index contributed by atoms with van der Waals surface area (Å²) in [5, 5.41) is 6.58. The highest BCUT2D eigenvalue weighted by Crippen LogP contribution is 2.36. The van der Waals surface area contributed by atoms with Crippen LogP contribution in [0.4, 0.5) is 5.69 Å². The van der Waals surface area contributed by atoms with Crippen LogP contribution in [0.3, 0.4) is 0 Å². The number of anilines is 1. The van der Waals surface area contributed by atoms with Crippen LogP contribution in [0.5, 0.6) is 0 Å². The number of amides is 2. The van der Waals surface area contributed by atoms with E-state index in [1.54, 1.807) is 0 Å². The van der Waals surface area contributed by atoms with Gasteiger partial charge in [-0.05, 0) is 37.3 Å². The summed E-state index contributed by atoms with van der Waals surface area (Å²) in [6.45, 7) is 1.43. The van der Waals surface area contributed by atoms with Crippen LogP contribution in [0, 0.1) is 5.92 Å². The molecule has 5 heteroatoms. The molecule has 0 radical (unpaired) electrons. The molecule has 2 N–H and O–H groups in total. The van der Waals surface area contributed by atoms with Crippen LogP contribution in [0.15, 0.2) is 30.3 Å². The molecule has 0 aromatic heterocycles. The zero-order chi connectivity index (χ0) is 16.6. The maximum absolute atomic E-state index is 13.3. The Morgan fingerprint density at radius 2 is 1.96 bits per heavy atom. The van der Waals surface area contributed by atoms with E-state index in [9.17, 15) is 9.59 Å². The van der Waals surface area contributed by atoms with E-state index in [0.29, 0.717) is 18.9 Å². The van der Waals surface area contributed by atoms with E-state index in [0.717, 1.165) is 44.3 Å². The summed E-state index contributed by atoms with van der Waals surface area (Å²) in [6.07, 6.45) is 5.50. The van der Waals surface area contributed by atoms with Gasteiger partial charge in [0.25, 0.3) is 0 Å². The molecule has 24 heavy (non-hydrogen) atoms. The molecule has 1 aromatic rings. The number of para-hydroxylation sites is 1. The van der Waals surface area contributed by atoms with Gasteiger partial charge in [-0.25, -0.2) is 0 Å². The molecular formula is C19H25N3O2. The highest BCUT2D eigenvalue weighted by molar-refractivity contribution is 5.90. The average Bonchev–Trinajstić information content (AvgIpc) is 3.20. The third-order valence-electron chi connectivity index (χ3n) is 5.86. The first-order chi connectivity index (χ1) is 11.7. The van der Waals surface area contributed by atoms with E-state index in [4.69, 9.17) is 0 Å². The number of hydrogen-bond donors (Lipinski definition) is 2. The smallest absolute Gasteiger partial charge is 0.248 e. The molecule has 3 fully saturated rings. The van der Waals surface area contributed by atoms with E-state index in [2.05, 4.69) is 10.6 Å². The minimum absolute atomic E-state index is 0.136. The zero-order valence-electron chi connectivity index (χ0n) is 14.0. The van der Waals surface area contributed by atoms with Crippen LogP contribution in [0.2, 0.25) is 0 Å². The Balaban J connectivity index is 1.51. The first kappa shape index (κ1) is 15.5. The highest BCUT2D eigenvalue weighted by Gasteiger charge is 2.46. The quantitative estimate of drug-likeness (QED) is 0.894. The molecule has 1 aromatic carbocycles. The molecule has 0 spiro atoms. The monoisotopic (exact) mass is 327 g/mol. The summed E-state index contributed by atoms with van der Waals surface area (Å²) in [4.78, 5) is 26.9. The van der Waals surface area contributed by atoms with Crippen molar-refractivity contribution in [3.63, 3.8) is 0 Å². The molecule has 3 aliphatic rings. The Hall–Kier alpha value is -2.04. The second-order valence-electron chi connectivity index (χ2n) is 7.46. The van der Waals surface area contributed by atoms with Gasteiger partial charge in [-0.15, -0.1) is 0 Å². The fraction of sp³-hybridized carbons (Fsp3) is 0.579. The minimum Gasteiger partial charge on any atom is -0.371 e. The number of carbonyl (C=O) groups excluding carboxylic acids is 2. The van der Waals surface area contributed by atoms with Gasteiger partial charge in [0, 0.05) is 31.2 Å². The number of nitrogens with one attached hydrogen (secondary N) is 2. The van der Waals surface area contributed by atoms with Crippen LogP contribution in [-0.2, 0) is 9.59 Å². The molecule has 0 unspecified atom stereocenters. The number of hydrogen-bond acceptors (Lipinski definition) is 3. The van der Waals surface area contributed by atoms with Crippen molar-refractivity contribution in [3.05, 3.63) is 30.3 Å². The summed E-state index contributed by atoms with van der Waals surface area (Å²) < 4.78 is 0. The second kappa shape index (κ2) is 6.11. The van der Waals surface area contributed by atoms with Gasteiger partial charge in [-0.2, -0.15) is 0 Å². The van der Waals surface area contributed by atoms with E-state index in [1.165, 1.54) is 0 Å². The third-order valence-corrected chi connectivity index (χ3v) is 5.86. The van der Waals surface area contributed by atoms with Crippen molar-refractivity contribution >= 4 is 17.5 Å².